The monoisotopic (exact) mass is 281 g/mol. The van der Waals surface area contributed by atoms with Crippen molar-refractivity contribution in [1.82, 2.24) is 4.90 Å². The van der Waals surface area contributed by atoms with Crippen LogP contribution < -0.4 is 11.1 Å². The third-order valence-electron chi connectivity index (χ3n) is 3.84. The molecule has 1 aromatic rings. The molecule has 0 atom stereocenters. The summed E-state index contributed by atoms with van der Waals surface area (Å²) in [6, 6.07) is 1.88. The van der Waals surface area contributed by atoms with Gasteiger partial charge in [-0.25, -0.2) is 0 Å². The number of nitrogens with zero attached hydrogens (tertiary/aromatic N) is 1. The van der Waals surface area contributed by atoms with Crippen LogP contribution in [0.5, 0.6) is 0 Å². The number of carbonyl (C=O) groups excluding carboxylic acids is 1. The van der Waals surface area contributed by atoms with E-state index in [0.717, 1.165) is 29.3 Å². The van der Waals surface area contributed by atoms with E-state index in [-0.39, 0.29) is 17.2 Å². The van der Waals surface area contributed by atoms with Gasteiger partial charge in [-0.15, -0.1) is 11.3 Å². The molecule has 4 nitrogen and oxygen atoms in total. The predicted octanol–water partition coefficient (Wildman–Crippen LogP) is 2.68. The van der Waals surface area contributed by atoms with Crippen LogP contribution in [-0.2, 0) is 0 Å². The molecule has 5 heteroatoms. The molecule has 1 aliphatic rings. The number of nitrogens with one attached hydrogen (secondary N) is 1. The standard InChI is InChI=1S/C14H23N3OS/c1-14(2,17(3)4)8-16-11-7-10(15)13(19-11)12(18)9-5-6-9/h7,9,16H,5-6,8,15H2,1-4H3. The summed E-state index contributed by atoms with van der Waals surface area (Å²) in [5.74, 6) is 0.453. The highest BCUT2D eigenvalue weighted by molar-refractivity contribution is 7.18. The minimum absolute atomic E-state index is 0.0550. The van der Waals surface area contributed by atoms with Gasteiger partial charge in [0.15, 0.2) is 5.78 Å². The maximum absolute atomic E-state index is 12.0. The second kappa shape index (κ2) is 5.13. The molecular formula is C14H23N3OS. The van der Waals surface area contributed by atoms with Gasteiger partial charge in [0.2, 0.25) is 0 Å². The van der Waals surface area contributed by atoms with Crippen LogP contribution in [-0.4, -0.2) is 36.9 Å². The molecular weight excluding hydrogens is 258 g/mol. The highest BCUT2D eigenvalue weighted by Gasteiger charge is 2.32. The Morgan fingerprint density at radius 1 is 1.53 bits per heavy atom. The number of carbonyl (C=O) groups is 1. The van der Waals surface area contributed by atoms with E-state index in [9.17, 15) is 4.79 Å². The number of Topliss-reactive ketones (excluding diaryl/α,β-unsaturated/α-hetero) is 1. The maximum Gasteiger partial charge on any atom is 0.178 e. The lowest BCUT2D eigenvalue weighted by Crippen LogP contribution is -2.44. The number of nitrogens with two attached hydrogens (primary N) is 1. The predicted molar refractivity (Wildman–Crippen MR) is 82.0 cm³/mol. The lowest BCUT2D eigenvalue weighted by atomic mass is 10.0. The Balaban J connectivity index is 2.02. The average molecular weight is 281 g/mol. The number of hydrogen-bond donors (Lipinski definition) is 2. The first-order valence-corrected chi connectivity index (χ1v) is 7.48. The van der Waals surface area contributed by atoms with Crippen LogP contribution in [0.25, 0.3) is 0 Å². The second-order valence-electron chi connectivity index (χ2n) is 6.09. The van der Waals surface area contributed by atoms with Gasteiger partial charge in [0, 0.05) is 18.0 Å². The Morgan fingerprint density at radius 3 is 2.68 bits per heavy atom. The van der Waals surface area contributed by atoms with Crippen molar-refractivity contribution >= 4 is 27.8 Å². The Hall–Kier alpha value is -1.07. The van der Waals surface area contributed by atoms with Crippen molar-refractivity contribution in [3.63, 3.8) is 0 Å². The number of rotatable bonds is 6. The summed E-state index contributed by atoms with van der Waals surface area (Å²) < 4.78 is 0. The van der Waals surface area contributed by atoms with E-state index in [1.807, 2.05) is 6.07 Å². The molecule has 1 aromatic heterocycles. The molecule has 0 aromatic carbocycles. The van der Waals surface area contributed by atoms with Gasteiger partial charge in [0.1, 0.15) is 0 Å². The molecule has 0 aliphatic heterocycles. The number of likely N-dealkylation sites (N-methyl/N-ethyl adjacent to an activating group) is 1. The summed E-state index contributed by atoms with van der Waals surface area (Å²) in [4.78, 5) is 14.9. The molecule has 3 N–H and O–H groups in total. The minimum atomic E-state index is 0.0550. The van der Waals surface area contributed by atoms with Crippen molar-refractivity contribution in [3.05, 3.63) is 10.9 Å². The molecule has 1 fully saturated rings. The highest BCUT2D eigenvalue weighted by atomic mass is 32.1. The first-order chi connectivity index (χ1) is 8.81. The van der Waals surface area contributed by atoms with Gasteiger partial charge in [-0.3, -0.25) is 4.79 Å². The third kappa shape index (κ3) is 3.28. The second-order valence-corrected chi connectivity index (χ2v) is 7.15. The fourth-order valence-corrected chi connectivity index (χ4v) is 2.67. The first-order valence-electron chi connectivity index (χ1n) is 6.66. The summed E-state index contributed by atoms with van der Waals surface area (Å²) in [6.45, 7) is 5.16. The Labute approximate surface area is 119 Å². The summed E-state index contributed by atoms with van der Waals surface area (Å²) in [5.41, 5.74) is 6.62. The van der Waals surface area contributed by atoms with E-state index in [1.54, 1.807) is 0 Å². The van der Waals surface area contributed by atoms with Crippen molar-refractivity contribution in [2.24, 2.45) is 5.92 Å². The molecule has 0 unspecified atom stereocenters. The molecule has 0 radical (unpaired) electrons. The molecule has 0 spiro atoms. The zero-order valence-electron chi connectivity index (χ0n) is 12.1. The zero-order valence-corrected chi connectivity index (χ0v) is 12.9. The quantitative estimate of drug-likeness (QED) is 0.787. The number of nitrogen functional groups attached to an aromatic ring is 1. The molecule has 1 aliphatic carbocycles. The molecule has 0 saturated heterocycles. The van der Waals surface area contributed by atoms with Gasteiger partial charge in [-0.05, 0) is 46.9 Å². The summed E-state index contributed by atoms with van der Waals surface area (Å²) in [7, 11) is 4.12. The van der Waals surface area contributed by atoms with E-state index in [1.165, 1.54) is 11.3 Å². The van der Waals surface area contributed by atoms with Crippen molar-refractivity contribution in [2.75, 3.05) is 31.7 Å². The van der Waals surface area contributed by atoms with Crippen molar-refractivity contribution < 1.29 is 4.79 Å². The number of thiophene rings is 1. The van der Waals surface area contributed by atoms with Crippen molar-refractivity contribution in [1.29, 1.82) is 0 Å². The Kier molecular flexibility index (Phi) is 3.87. The average Bonchev–Trinajstić information content (AvgIpc) is 3.10. The van der Waals surface area contributed by atoms with Crippen molar-refractivity contribution in [2.45, 2.75) is 32.2 Å². The smallest absolute Gasteiger partial charge is 0.178 e. The maximum atomic E-state index is 12.0. The van der Waals surface area contributed by atoms with Gasteiger partial charge in [0.25, 0.3) is 0 Å². The number of anilines is 2. The summed E-state index contributed by atoms with van der Waals surface area (Å²) >= 11 is 1.48. The van der Waals surface area contributed by atoms with Crippen LogP contribution in [0.15, 0.2) is 6.07 Å². The topological polar surface area (TPSA) is 58.4 Å². The van der Waals surface area contributed by atoms with Crippen LogP contribution in [0, 0.1) is 5.92 Å². The van der Waals surface area contributed by atoms with Crippen LogP contribution in [0.1, 0.15) is 36.4 Å². The SMILES string of the molecule is CN(C)C(C)(C)CNc1cc(N)c(C(=O)C2CC2)s1. The van der Waals surface area contributed by atoms with Gasteiger partial charge >= 0.3 is 0 Å². The Morgan fingerprint density at radius 2 is 2.16 bits per heavy atom. The van der Waals surface area contributed by atoms with E-state index < -0.39 is 0 Å². The number of ketones is 1. The molecule has 1 heterocycles. The zero-order chi connectivity index (χ0) is 14.2. The van der Waals surface area contributed by atoms with E-state index in [0.29, 0.717) is 5.69 Å². The van der Waals surface area contributed by atoms with Crippen LogP contribution >= 0.6 is 11.3 Å². The summed E-state index contributed by atoms with van der Waals surface area (Å²) in [6.07, 6.45) is 2.04. The summed E-state index contributed by atoms with van der Waals surface area (Å²) in [5, 5.41) is 4.37. The van der Waals surface area contributed by atoms with Crippen LogP contribution in [0.3, 0.4) is 0 Å². The normalized spacial score (nSPS) is 15.8. The molecule has 106 valence electrons. The molecule has 19 heavy (non-hydrogen) atoms. The third-order valence-corrected chi connectivity index (χ3v) is 4.96. The van der Waals surface area contributed by atoms with Gasteiger partial charge in [0.05, 0.1) is 15.6 Å². The first kappa shape index (κ1) is 14.3. The Bertz CT molecular complexity index is 475. The molecule has 2 rings (SSSR count). The van der Waals surface area contributed by atoms with Crippen molar-refractivity contribution in [3.8, 4) is 0 Å². The minimum Gasteiger partial charge on any atom is -0.397 e. The van der Waals surface area contributed by atoms with Gasteiger partial charge in [-0.1, -0.05) is 0 Å². The lowest BCUT2D eigenvalue weighted by molar-refractivity contribution is 0.0972. The van der Waals surface area contributed by atoms with Crippen LogP contribution in [0.2, 0.25) is 0 Å². The molecule has 0 amide bonds. The number of hydrogen-bond acceptors (Lipinski definition) is 5. The van der Waals surface area contributed by atoms with E-state index in [4.69, 9.17) is 5.73 Å². The van der Waals surface area contributed by atoms with E-state index >= 15 is 0 Å². The van der Waals surface area contributed by atoms with Gasteiger partial charge in [-0.2, -0.15) is 0 Å². The largest absolute Gasteiger partial charge is 0.397 e. The fraction of sp³-hybridized carbons (Fsp3) is 0.643. The highest BCUT2D eigenvalue weighted by Crippen LogP contribution is 2.38. The van der Waals surface area contributed by atoms with Gasteiger partial charge < -0.3 is 16.0 Å². The fourth-order valence-electron chi connectivity index (χ4n) is 1.68. The van der Waals surface area contributed by atoms with E-state index in [2.05, 4.69) is 38.2 Å². The van der Waals surface area contributed by atoms with Crippen LogP contribution in [0.4, 0.5) is 10.7 Å². The lowest BCUT2D eigenvalue weighted by Gasteiger charge is -2.32. The molecule has 1 saturated carbocycles. The molecule has 0 bridgehead atoms.